The number of ether oxygens (including phenoxy) is 1. The number of aromatic nitrogens is 6. The van der Waals surface area contributed by atoms with E-state index in [1.807, 2.05) is 0 Å². The SMILES string of the molecule is O=CN(c1cnn(-c2nc(NC3CCCC3)c3ncn([C@@H]4O[C@H](CO)C(O)C4O)c3n2)c1)S(=O)(=O)Cc1ccccc1. The first-order valence-electron chi connectivity index (χ1n) is 13.5. The minimum Gasteiger partial charge on any atom is -0.394 e. The summed E-state index contributed by atoms with van der Waals surface area (Å²) in [6.07, 6.45) is 3.40. The normalized spacial score (nSPS) is 23.0. The summed E-state index contributed by atoms with van der Waals surface area (Å²) in [7, 11) is -4.08. The Morgan fingerprint density at radius 2 is 1.88 bits per heavy atom. The monoisotopic (exact) mass is 598 g/mol. The first-order valence-corrected chi connectivity index (χ1v) is 15.1. The highest BCUT2D eigenvalue weighted by Gasteiger charge is 2.44. The molecular weight excluding hydrogens is 568 g/mol. The lowest BCUT2D eigenvalue weighted by molar-refractivity contribution is -0.106. The van der Waals surface area contributed by atoms with Crippen LogP contribution in [-0.4, -0.2) is 90.4 Å². The highest BCUT2D eigenvalue weighted by Crippen LogP contribution is 2.33. The van der Waals surface area contributed by atoms with E-state index in [-0.39, 0.29) is 35.5 Å². The van der Waals surface area contributed by atoms with Crippen molar-refractivity contribution in [1.29, 1.82) is 0 Å². The van der Waals surface area contributed by atoms with Crippen molar-refractivity contribution >= 4 is 39.1 Å². The Balaban J connectivity index is 1.38. The molecule has 0 bridgehead atoms. The van der Waals surface area contributed by atoms with Crippen LogP contribution >= 0.6 is 0 Å². The van der Waals surface area contributed by atoms with E-state index in [1.54, 1.807) is 30.3 Å². The lowest BCUT2D eigenvalue weighted by Crippen LogP contribution is -2.33. The Morgan fingerprint density at radius 3 is 2.57 bits per heavy atom. The molecule has 2 fully saturated rings. The fraction of sp³-hybridized carbons (Fsp3) is 0.423. The maximum absolute atomic E-state index is 13.1. The quantitative estimate of drug-likeness (QED) is 0.184. The number of carbonyl (C=O) groups is 1. The van der Waals surface area contributed by atoms with Crippen molar-refractivity contribution in [2.75, 3.05) is 16.2 Å². The molecule has 1 saturated carbocycles. The molecule has 4 heterocycles. The number of benzene rings is 1. The van der Waals surface area contributed by atoms with Gasteiger partial charge in [-0.3, -0.25) is 9.36 Å². The first kappa shape index (κ1) is 28.2. The molecule has 0 radical (unpaired) electrons. The van der Waals surface area contributed by atoms with Crippen LogP contribution in [0.1, 0.15) is 37.5 Å². The standard InChI is InChI=1S/C26H30N8O7S/c35-12-19-21(37)22(38)25(41-19)32-14-27-20-23(29-17-8-4-5-9-17)30-26(31-24(20)32)33-11-18(10-28-33)34(15-36)42(39,40)13-16-6-2-1-3-7-16/h1-3,6-7,10-11,14-15,17,19,21-22,25,35,37-38H,4-5,8-9,12-13H2,(H,29,30,31)/t19-,21?,22?,25-/m1/s1. The van der Waals surface area contributed by atoms with Crippen LogP contribution < -0.4 is 9.62 Å². The van der Waals surface area contributed by atoms with E-state index in [9.17, 15) is 28.5 Å². The molecule has 4 N–H and O–H groups in total. The Hall–Kier alpha value is -3.96. The highest BCUT2D eigenvalue weighted by molar-refractivity contribution is 7.92. The summed E-state index contributed by atoms with van der Waals surface area (Å²) < 4.78 is 35.2. The Morgan fingerprint density at radius 1 is 1.12 bits per heavy atom. The zero-order valence-corrected chi connectivity index (χ0v) is 23.2. The molecule has 1 aliphatic heterocycles. The molecule has 15 nitrogen and oxygen atoms in total. The summed E-state index contributed by atoms with van der Waals surface area (Å²) in [5.74, 6) is 0.0432. The van der Waals surface area contributed by atoms with Gasteiger partial charge in [0.2, 0.25) is 16.4 Å². The van der Waals surface area contributed by atoms with Gasteiger partial charge in [-0.1, -0.05) is 43.2 Å². The highest BCUT2D eigenvalue weighted by atomic mass is 32.2. The van der Waals surface area contributed by atoms with Crippen molar-refractivity contribution in [2.45, 2.75) is 62.0 Å². The third-order valence-electron chi connectivity index (χ3n) is 7.51. The fourth-order valence-electron chi connectivity index (χ4n) is 5.35. The molecule has 1 aromatic carbocycles. The molecule has 1 amide bonds. The van der Waals surface area contributed by atoms with Gasteiger partial charge in [-0.25, -0.2) is 22.4 Å². The van der Waals surface area contributed by atoms with E-state index >= 15 is 0 Å². The van der Waals surface area contributed by atoms with Crippen LogP contribution in [0.5, 0.6) is 0 Å². The number of carbonyl (C=O) groups excluding carboxylic acids is 1. The predicted octanol–water partition coefficient (Wildman–Crippen LogP) is 0.471. The average Bonchev–Trinajstić information content (AvgIpc) is 3.78. The summed E-state index contributed by atoms with van der Waals surface area (Å²) in [4.78, 5) is 25.6. The second-order valence-corrected chi connectivity index (χ2v) is 12.2. The Bertz CT molecular complexity index is 1670. The Kier molecular flexibility index (Phi) is 7.63. The predicted molar refractivity (Wildman–Crippen MR) is 149 cm³/mol. The number of sulfonamides is 1. The van der Waals surface area contributed by atoms with Gasteiger partial charge in [0, 0.05) is 6.04 Å². The summed E-state index contributed by atoms with van der Waals surface area (Å²) in [5, 5.41) is 38.1. The molecular formula is C26H30N8O7S. The smallest absolute Gasteiger partial charge is 0.254 e. The van der Waals surface area contributed by atoms with Crippen molar-refractivity contribution in [1.82, 2.24) is 29.3 Å². The van der Waals surface area contributed by atoms with Crippen LogP contribution in [0.2, 0.25) is 0 Å². The molecule has 222 valence electrons. The second-order valence-electron chi connectivity index (χ2n) is 10.3. The molecule has 1 aliphatic carbocycles. The van der Waals surface area contributed by atoms with Crippen LogP contribution in [0.4, 0.5) is 11.5 Å². The molecule has 4 aromatic rings. The number of hydrogen-bond acceptors (Lipinski definition) is 12. The number of nitrogens with zero attached hydrogens (tertiary/aromatic N) is 7. The van der Waals surface area contributed by atoms with Gasteiger partial charge < -0.3 is 25.4 Å². The van der Waals surface area contributed by atoms with Gasteiger partial charge in [0.05, 0.1) is 36.8 Å². The third kappa shape index (κ3) is 5.22. The largest absolute Gasteiger partial charge is 0.394 e. The topological polar surface area (TPSA) is 198 Å². The molecule has 0 spiro atoms. The summed E-state index contributed by atoms with van der Waals surface area (Å²) in [5.41, 5.74) is 1.14. The van der Waals surface area contributed by atoms with E-state index in [0.717, 1.165) is 25.7 Å². The van der Waals surface area contributed by atoms with Crippen molar-refractivity contribution in [3.8, 4) is 5.95 Å². The number of rotatable bonds is 10. The lowest BCUT2D eigenvalue weighted by atomic mass is 10.1. The molecule has 4 atom stereocenters. The summed E-state index contributed by atoms with van der Waals surface area (Å²) in [6.45, 7) is -0.493. The maximum Gasteiger partial charge on any atom is 0.254 e. The minimum absolute atomic E-state index is 0.00750. The van der Waals surface area contributed by atoms with E-state index in [2.05, 4.69) is 25.4 Å². The van der Waals surface area contributed by atoms with Crippen LogP contribution in [0.15, 0.2) is 49.1 Å². The van der Waals surface area contributed by atoms with E-state index in [1.165, 1.54) is 28.0 Å². The summed E-state index contributed by atoms with van der Waals surface area (Å²) >= 11 is 0. The average molecular weight is 599 g/mol. The second kappa shape index (κ2) is 11.4. The minimum atomic E-state index is -4.08. The van der Waals surface area contributed by atoms with Gasteiger partial charge in [0.25, 0.3) is 5.95 Å². The molecule has 16 heteroatoms. The molecule has 6 rings (SSSR count). The molecule has 2 aliphatic rings. The lowest BCUT2D eigenvalue weighted by Gasteiger charge is -2.18. The number of aliphatic hydroxyl groups excluding tert-OH is 3. The molecule has 42 heavy (non-hydrogen) atoms. The zero-order chi connectivity index (χ0) is 29.4. The summed E-state index contributed by atoms with van der Waals surface area (Å²) in [6, 6.07) is 8.65. The fourth-order valence-corrected chi connectivity index (χ4v) is 6.64. The molecule has 1 saturated heterocycles. The number of aliphatic hydroxyl groups is 3. The van der Waals surface area contributed by atoms with Crippen LogP contribution in [0.3, 0.4) is 0 Å². The van der Waals surface area contributed by atoms with Gasteiger partial charge in [-0.15, -0.1) is 0 Å². The van der Waals surface area contributed by atoms with Gasteiger partial charge >= 0.3 is 0 Å². The number of hydrogen-bond donors (Lipinski definition) is 4. The van der Waals surface area contributed by atoms with Crippen molar-refractivity contribution in [2.24, 2.45) is 0 Å². The van der Waals surface area contributed by atoms with E-state index in [4.69, 9.17) is 4.74 Å². The van der Waals surface area contributed by atoms with Crippen LogP contribution in [0.25, 0.3) is 17.1 Å². The first-order chi connectivity index (χ1) is 20.3. The van der Waals surface area contributed by atoms with Gasteiger partial charge in [-0.2, -0.15) is 15.1 Å². The number of nitrogens with one attached hydrogen (secondary N) is 1. The third-order valence-corrected chi connectivity index (χ3v) is 9.11. The van der Waals surface area contributed by atoms with Gasteiger partial charge in [0.15, 0.2) is 23.2 Å². The van der Waals surface area contributed by atoms with E-state index in [0.29, 0.717) is 21.2 Å². The van der Waals surface area contributed by atoms with Crippen molar-refractivity contribution in [3.05, 3.63) is 54.6 Å². The van der Waals surface area contributed by atoms with Crippen molar-refractivity contribution < 1.29 is 33.3 Å². The maximum atomic E-state index is 13.1. The van der Waals surface area contributed by atoms with E-state index < -0.39 is 41.2 Å². The van der Waals surface area contributed by atoms with Gasteiger partial charge in [-0.05, 0) is 18.4 Å². The number of anilines is 2. The number of imidazole rings is 1. The number of amides is 1. The zero-order valence-electron chi connectivity index (χ0n) is 22.3. The molecule has 2 unspecified atom stereocenters. The van der Waals surface area contributed by atoms with Crippen LogP contribution in [0, 0.1) is 0 Å². The van der Waals surface area contributed by atoms with Crippen molar-refractivity contribution in [3.63, 3.8) is 0 Å². The number of fused-ring (bicyclic) bond motifs is 1. The Labute approximate surface area is 240 Å². The van der Waals surface area contributed by atoms with Crippen LogP contribution in [-0.2, 0) is 25.3 Å². The van der Waals surface area contributed by atoms with Gasteiger partial charge in [0.1, 0.15) is 18.3 Å². The molecule has 3 aromatic heterocycles.